The standard InChI is InChI=1S/C11H13NOS/c13-8-11-12-7-10(14-11)9-5-3-1-2-4-6-9/h5,7-8H,1-4,6H2. The molecule has 74 valence electrons. The molecule has 0 aromatic carbocycles. The van der Waals surface area contributed by atoms with E-state index in [9.17, 15) is 4.79 Å². The lowest BCUT2D eigenvalue weighted by atomic mass is 10.1. The summed E-state index contributed by atoms with van der Waals surface area (Å²) in [6, 6.07) is 0. The molecular weight excluding hydrogens is 194 g/mol. The van der Waals surface area contributed by atoms with Crippen molar-refractivity contribution in [3.8, 4) is 0 Å². The summed E-state index contributed by atoms with van der Waals surface area (Å²) in [5.74, 6) is 0. The molecule has 1 aliphatic rings. The Hall–Kier alpha value is -0.960. The number of hydrogen-bond donors (Lipinski definition) is 0. The minimum atomic E-state index is 0.588. The molecule has 0 fully saturated rings. The van der Waals surface area contributed by atoms with E-state index >= 15 is 0 Å². The second-order valence-electron chi connectivity index (χ2n) is 3.51. The molecule has 1 heterocycles. The van der Waals surface area contributed by atoms with E-state index in [1.165, 1.54) is 47.5 Å². The van der Waals surface area contributed by atoms with Crippen molar-refractivity contribution in [3.05, 3.63) is 22.2 Å². The van der Waals surface area contributed by atoms with Gasteiger partial charge in [0.15, 0.2) is 11.3 Å². The number of hydrogen-bond acceptors (Lipinski definition) is 3. The monoisotopic (exact) mass is 207 g/mol. The molecule has 0 unspecified atom stereocenters. The Labute approximate surface area is 87.7 Å². The van der Waals surface area contributed by atoms with Crippen molar-refractivity contribution >= 4 is 23.2 Å². The molecule has 2 nitrogen and oxygen atoms in total. The predicted octanol–water partition coefficient (Wildman–Crippen LogP) is 3.30. The normalized spacial score (nSPS) is 17.3. The first-order chi connectivity index (χ1) is 6.90. The van der Waals surface area contributed by atoms with Gasteiger partial charge in [-0.15, -0.1) is 11.3 Å². The molecule has 1 aromatic heterocycles. The Kier molecular flexibility index (Phi) is 3.09. The summed E-state index contributed by atoms with van der Waals surface area (Å²) in [6.07, 6.45) is 11.1. The van der Waals surface area contributed by atoms with E-state index in [4.69, 9.17) is 0 Å². The molecule has 3 heteroatoms. The number of carbonyl (C=O) groups is 1. The van der Waals surface area contributed by atoms with Gasteiger partial charge >= 0.3 is 0 Å². The van der Waals surface area contributed by atoms with E-state index in [0.29, 0.717) is 5.01 Å². The molecule has 0 saturated heterocycles. The zero-order chi connectivity index (χ0) is 9.80. The van der Waals surface area contributed by atoms with Crippen molar-refractivity contribution in [1.29, 1.82) is 0 Å². The molecule has 1 aliphatic carbocycles. The van der Waals surface area contributed by atoms with E-state index < -0.39 is 0 Å². The summed E-state index contributed by atoms with van der Waals surface area (Å²) in [5.41, 5.74) is 1.38. The maximum Gasteiger partial charge on any atom is 0.178 e. The second-order valence-corrected chi connectivity index (χ2v) is 4.57. The van der Waals surface area contributed by atoms with Gasteiger partial charge in [0.2, 0.25) is 0 Å². The van der Waals surface area contributed by atoms with Crippen LogP contribution in [0.3, 0.4) is 0 Å². The van der Waals surface area contributed by atoms with E-state index in [1.54, 1.807) is 0 Å². The lowest BCUT2D eigenvalue weighted by Crippen LogP contribution is -1.77. The Morgan fingerprint density at radius 1 is 1.36 bits per heavy atom. The first-order valence-electron chi connectivity index (χ1n) is 5.00. The summed E-state index contributed by atoms with van der Waals surface area (Å²) < 4.78 is 0. The van der Waals surface area contributed by atoms with Crippen molar-refractivity contribution < 1.29 is 4.79 Å². The maximum atomic E-state index is 10.5. The van der Waals surface area contributed by atoms with Gasteiger partial charge < -0.3 is 0 Å². The van der Waals surface area contributed by atoms with Crippen molar-refractivity contribution in [1.82, 2.24) is 4.98 Å². The highest BCUT2D eigenvalue weighted by Gasteiger charge is 2.08. The Balaban J connectivity index is 2.19. The summed E-state index contributed by atoms with van der Waals surface area (Å²) in [7, 11) is 0. The lowest BCUT2D eigenvalue weighted by molar-refractivity contribution is 0.112. The minimum Gasteiger partial charge on any atom is -0.295 e. The van der Waals surface area contributed by atoms with Crippen LogP contribution in [-0.2, 0) is 0 Å². The molecule has 0 amide bonds. The van der Waals surface area contributed by atoms with E-state index in [2.05, 4.69) is 11.1 Å². The highest BCUT2D eigenvalue weighted by atomic mass is 32.1. The fraction of sp³-hybridized carbons (Fsp3) is 0.455. The zero-order valence-corrected chi connectivity index (χ0v) is 8.85. The molecule has 0 saturated carbocycles. The summed E-state index contributed by atoms with van der Waals surface area (Å²) in [6.45, 7) is 0. The fourth-order valence-electron chi connectivity index (χ4n) is 1.73. The Morgan fingerprint density at radius 3 is 3.07 bits per heavy atom. The van der Waals surface area contributed by atoms with Gasteiger partial charge in [-0.3, -0.25) is 4.79 Å². The molecule has 0 atom stereocenters. The van der Waals surface area contributed by atoms with Crippen molar-refractivity contribution in [3.63, 3.8) is 0 Å². The van der Waals surface area contributed by atoms with Crippen LogP contribution < -0.4 is 0 Å². The van der Waals surface area contributed by atoms with Crippen LogP contribution in [0.1, 0.15) is 46.8 Å². The molecule has 2 rings (SSSR count). The molecule has 0 N–H and O–H groups in total. The van der Waals surface area contributed by atoms with E-state index in [0.717, 1.165) is 12.7 Å². The van der Waals surface area contributed by atoms with Gasteiger partial charge in [0.25, 0.3) is 0 Å². The average molecular weight is 207 g/mol. The largest absolute Gasteiger partial charge is 0.295 e. The van der Waals surface area contributed by atoms with Crippen LogP contribution in [0.15, 0.2) is 12.3 Å². The average Bonchev–Trinajstić information content (AvgIpc) is 2.53. The van der Waals surface area contributed by atoms with Crippen molar-refractivity contribution in [2.24, 2.45) is 0 Å². The first kappa shape index (κ1) is 9.59. The van der Waals surface area contributed by atoms with Gasteiger partial charge in [-0.2, -0.15) is 0 Å². The molecule has 0 aliphatic heterocycles. The summed E-state index contributed by atoms with van der Waals surface area (Å²) >= 11 is 1.50. The lowest BCUT2D eigenvalue weighted by Gasteiger charge is -1.99. The Bertz CT molecular complexity index is 354. The molecule has 14 heavy (non-hydrogen) atoms. The summed E-state index contributed by atoms with van der Waals surface area (Å²) in [4.78, 5) is 15.7. The SMILES string of the molecule is O=Cc1ncc(C2=CCCCCC2)s1. The smallest absolute Gasteiger partial charge is 0.178 e. The van der Waals surface area contributed by atoms with Crippen LogP contribution in [0, 0.1) is 0 Å². The van der Waals surface area contributed by atoms with Gasteiger partial charge in [-0.05, 0) is 31.3 Å². The zero-order valence-electron chi connectivity index (χ0n) is 8.03. The summed E-state index contributed by atoms with van der Waals surface area (Å²) in [5, 5.41) is 0.588. The number of aromatic nitrogens is 1. The Morgan fingerprint density at radius 2 is 2.29 bits per heavy atom. The minimum absolute atomic E-state index is 0.588. The van der Waals surface area contributed by atoms with E-state index in [-0.39, 0.29) is 0 Å². The van der Waals surface area contributed by atoms with Gasteiger partial charge in [-0.25, -0.2) is 4.98 Å². The van der Waals surface area contributed by atoms with Crippen LogP contribution in [0.2, 0.25) is 0 Å². The quantitative estimate of drug-likeness (QED) is 0.696. The van der Waals surface area contributed by atoms with Crippen LogP contribution in [0.5, 0.6) is 0 Å². The van der Waals surface area contributed by atoms with Gasteiger partial charge in [0.1, 0.15) is 0 Å². The molecule has 0 bridgehead atoms. The highest BCUT2D eigenvalue weighted by Crippen LogP contribution is 2.29. The number of thiazole rings is 1. The van der Waals surface area contributed by atoms with Crippen molar-refractivity contribution in [2.45, 2.75) is 32.1 Å². The van der Waals surface area contributed by atoms with Gasteiger partial charge in [0.05, 0.1) is 4.88 Å². The number of aldehydes is 1. The molecule has 0 radical (unpaired) electrons. The van der Waals surface area contributed by atoms with Crippen LogP contribution >= 0.6 is 11.3 Å². The molecule has 1 aromatic rings. The highest BCUT2D eigenvalue weighted by molar-refractivity contribution is 7.14. The molecular formula is C11H13NOS. The van der Waals surface area contributed by atoms with E-state index in [1.807, 2.05) is 6.20 Å². The van der Waals surface area contributed by atoms with Crippen molar-refractivity contribution in [2.75, 3.05) is 0 Å². The number of nitrogens with zero attached hydrogens (tertiary/aromatic N) is 1. The number of carbonyl (C=O) groups excluding carboxylic acids is 1. The van der Waals surface area contributed by atoms with Crippen LogP contribution in [0.4, 0.5) is 0 Å². The number of allylic oxidation sites excluding steroid dienone is 2. The van der Waals surface area contributed by atoms with Crippen LogP contribution in [0.25, 0.3) is 5.57 Å². The third-order valence-corrected chi connectivity index (χ3v) is 3.48. The van der Waals surface area contributed by atoms with Gasteiger partial charge in [-0.1, -0.05) is 12.5 Å². The van der Waals surface area contributed by atoms with Crippen LogP contribution in [-0.4, -0.2) is 11.3 Å². The second kappa shape index (κ2) is 4.51. The van der Waals surface area contributed by atoms with Gasteiger partial charge in [0, 0.05) is 6.20 Å². The third-order valence-electron chi connectivity index (χ3n) is 2.48. The molecule has 0 spiro atoms. The fourth-order valence-corrected chi connectivity index (χ4v) is 2.53. The first-order valence-corrected chi connectivity index (χ1v) is 5.82. The topological polar surface area (TPSA) is 30.0 Å². The maximum absolute atomic E-state index is 10.5. The number of rotatable bonds is 2. The third kappa shape index (κ3) is 2.10. The predicted molar refractivity (Wildman–Crippen MR) is 58.6 cm³/mol.